The highest BCUT2D eigenvalue weighted by Crippen LogP contribution is 2.20. The molecule has 1 saturated heterocycles. The van der Waals surface area contributed by atoms with Crippen molar-refractivity contribution >= 4 is 5.91 Å². The van der Waals surface area contributed by atoms with Crippen LogP contribution in [-0.2, 0) is 20.9 Å². The van der Waals surface area contributed by atoms with E-state index in [4.69, 9.17) is 15.2 Å². The van der Waals surface area contributed by atoms with Gasteiger partial charge in [0, 0.05) is 20.3 Å². The van der Waals surface area contributed by atoms with E-state index >= 15 is 0 Å². The lowest BCUT2D eigenvalue weighted by Crippen LogP contribution is -2.38. The number of hydrogen-bond donors (Lipinski definition) is 2. The number of amides is 1. The minimum Gasteiger partial charge on any atom is -0.380 e. The molecular formula is C15H22N2O3. The summed E-state index contributed by atoms with van der Waals surface area (Å²) in [6.45, 7) is 1.89. The maximum absolute atomic E-state index is 11.7. The molecule has 2 unspecified atom stereocenters. The molecule has 2 atom stereocenters. The Hall–Kier alpha value is -1.43. The molecule has 3 N–H and O–H groups in total. The number of benzene rings is 1. The zero-order valence-corrected chi connectivity index (χ0v) is 11.8. The summed E-state index contributed by atoms with van der Waals surface area (Å²) in [5.41, 5.74) is 7.38. The summed E-state index contributed by atoms with van der Waals surface area (Å²) in [5.74, 6) is -0.383. The van der Waals surface area contributed by atoms with Crippen LogP contribution in [0.5, 0.6) is 0 Å². The monoisotopic (exact) mass is 278 g/mol. The number of ether oxygens (including phenoxy) is 2. The summed E-state index contributed by atoms with van der Waals surface area (Å²) in [6.07, 6.45) is 2.28. The van der Waals surface area contributed by atoms with Gasteiger partial charge in [-0.3, -0.25) is 10.1 Å². The second-order valence-electron chi connectivity index (χ2n) is 5.01. The Morgan fingerprint density at radius 2 is 2.35 bits per heavy atom. The van der Waals surface area contributed by atoms with Crippen LogP contribution < -0.4 is 11.1 Å². The third-order valence-electron chi connectivity index (χ3n) is 3.52. The highest BCUT2D eigenvalue weighted by molar-refractivity contribution is 5.81. The van der Waals surface area contributed by atoms with Crippen molar-refractivity contribution < 1.29 is 14.3 Å². The van der Waals surface area contributed by atoms with E-state index in [1.807, 2.05) is 24.3 Å². The molecule has 5 heteroatoms. The molecular weight excluding hydrogens is 256 g/mol. The molecule has 0 aromatic heterocycles. The third kappa shape index (κ3) is 3.79. The first kappa shape index (κ1) is 15.0. The lowest BCUT2D eigenvalue weighted by atomic mass is 10.00. The molecule has 0 bridgehead atoms. The van der Waals surface area contributed by atoms with Crippen LogP contribution in [0.1, 0.15) is 30.0 Å². The standard InChI is InChI=1S/C15H22N2O3/c1-19-10-11-5-2-3-7-13(11)14(15(16)18)17-9-12-6-4-8-20-12/h2-3,5,7,12,14,17H,4,6,8-10H2,1H3,(H2,16,18). The Labute approximate surface area is 119 Å². The summed E-state index contributed by atoms with van der Waals surface area (Å²) in [6, 6.07) is 7.17. The number of carbonyl (C=O) groups excluding carboxylic acids is 1. The van der Waals surface area contributed by atoms with Gasteiger partial charge in [0.1, 0.15) is 6.04 Å². The van der Waals surface area contributed by atoms with Crippen molar-refractivity contribution in [3.63, 3.8) is 0 Å². The molecule has 1 aromatic carbocycles. The normalized spacial score (nSPS) is 19.9. The molecule has 0 saturated carbocycles. The molecule has 0 spiro atoms. The Bertz CT molecular complexity index is 444. The number of primary amides is 1. The molecule has 1 fully saturated rings. The predicted molar refractivity (Wildman–Crippen MR) is 76.1 cm³/mol. The van der Waals surface area contributed by atoms with Crippen LogP contribution >= 0.6 is 0 Å². The first-order chi connectivity index (χ1) is 9.72. The molecule has 110 valence electrons. The van der Waals surface area contributed by atoms with Crippen LogP contribution in [0.25, 0.3) is 0 Å². The van der Waals surface area contributed by atoms with E-state index in [0.717, 1.165) is 30.6 Å². The van der Waals surface area contributed by atoms with Crippen LogP contribution in [0.4, 0.5) is 0 Å². The van der Waals surface area contributed by atoms with Crippen LogP contribution in [0.15, 0.2) is 24.3 Å². The molecule has 0 aliphatic carbocycles. The Morgan fingerprint density at radius 3 is 3.00 bits per heavy atom. The second-order valence-corrected chi connectivity index (χ2v) is 5.01. The van der Waals surface area contributed by atoms with Crippen molar-refractivity contribution in [2.24, 2.45) is 5.73 Å². The highest BCUT2D eigenvalue weighted by atomic mass is 16.5. The fourth-order valence-corrected chi connectivity index (χ4v) is 2.52. The Kier molecular flexibility index (Phi) is 5.52. The molecule has 0 radical (unpaired) electrons. The Balaban J connectivity index is 2.09. The second kappa shape index (κ2) is 7.38. The van der Waals surface area contributed by atoms with Gasteiger partial charge in [-0.2, -0.15) is 0 Å². The van der Waals surface area contributed by atoms with Crippen molar-refractivity contribution in [2.75, 3.05) is 20.3 Å². The van der Waals surface area contributed by atoms with Gasteiger partial charge in [0.25, 0.3) is 0 Å². The van der Waals surface area contributed by atoms with Crippen LogP contribution in [0.2, 0.25) is 0 Å². The average Bonchev–Trinajstić information content (AvgIpc) is 2.94. The zero-order chi connectivity index (χ0) is 14.4. The maximum Gasteiger partial charge on any atom is 0.239 e. The van der Waals surface area contributed by atoms with Crippen molar-refractivity contribution in [2.45, 2.75) is 31.6 Å². The van der Waals surface area contributed by atoms with Gasteiger partial charge in [0.05, 0.1) is 12.7 Å². The van der Waals surface area contributed by atoms with E-state index in [1.54, 1.807) is 7.11 Å². The van der Waals surface area contributed by atoms with Gasteiger partial charge < -0.3 is 15.2 Å². The quantitative estimate of drug-likeness (QED) is 0.784. The van der Waals surface area contributed by atoms with Gasteiger partial charge >= 0.3 is 0 Å². The topological polar surface area (TPSA) is 73.6 Å². The fourth-order valence-electron chi connectivity index (χ4n) is 2.52. The van der Waals surface area contributed by atoms with E-state index in [9.17, 15) is 4.79 Å². The third-order valence-corrected chi connectivity index (χ3v) is 3.52. The molecule has 1 aromatic rings. The smallest absolute Gasteiger partial charge is 0.239 e. The van der Waals surface area contributed by atoms with E-state index in [-0.39, 0.29) is 12.0 Å². The first-order valence-corrected chi connectivity index (χ1v) is 6.93. The lowest BCUT2D eigenvalue weighted by Gasteiger charge is -2.20. The van der Waals surface area contributed by atoms with Crippen LogP contribution in [-0.4, -0.2) is 32.3 Å². The number of rotatable bonds is 7. The summed E-state index contributed by atoms with van der Waals surface area (Å²) in [4.78, 5) is 11.7. The minimum atomic E-state index is -0.509. The zero-order valence-electron chi connectivity index (χ0n) is 11.8. The summed E-state index contributed by atoms with van der Waals surface area (Å²) in [7, 11) is 1.63. The van der Waals surface area contributed by atoms with Gasteiger partial charge in [-0.15, -0.1) is 0 Å². The minimum absolute atomic E-state index is 0.173. The van der Waals surface area contributed by atoms with Crippen molar-refractivity contribution in [3.05, 3.63) is 35.4 Å². The van der Waals surface area contributed by atoms with E-state index in [1.165, 1.54) is 0 Å². The predicted octanol–water partition coefficient (Wildman–Crippen LogP) is 1.13. The summed E-state index contributed by atoms with van der Waals surface area (Å²) < 4.78 is 10.7. The van der Waals surface area contributed by atoms with Crippen molar-refractivity contribution in [3.8, 4) is 0 Å². The average molecular weight is 278 g/mol. The number of hydrogen-bond acceptors (Lipinski definition) is 4. The van der Waals surface area contributed by atoms with Gasteiger partial charge in [-0.05, 0) is 24.0 Å². The number of methoxy groups -OCH3 is 1. The first-order valence-electron chi connectivity index (χ1n) is 6.93. The molecule has 5 nitrogen and oxygen atoms in total. The molecule has 20 heavy (non-hydrogen) atoms. The van der Waals surface area contributed by atoms with Gasteiger partial charge in [-0.1, -0.05) is 24.3 Å². The van der Waals surface area contributed by atoms with Crippen LogP contribution in [0.3, 0.4) is 0 Å². The van der Waals surface area contributed by atoms with Gasteiger partial charge in [0.2, 0.25) is 5.91 Å². The van der Waals surface area contributed by atoms with E-state index in [0.29, 0.717) is 13.2 Å². The largest absolute Gasteiger partial charge is 0.380 e. The van der Waals surface area contributed by atoms with Gasteiger partial charge in [-0.25, -0.2) is 0 Å². The molecule has 1 amide bonds. The van der Waals surface area contributed by atoms with Crippen molar-refractivity contribution in [1.29, 1.82) is 0 Å². The number of carbonyl (C=O) groups is 1. The van der Waals surface area contributed by atoms with Crippen LogP contribution in [0, 0.1) is 0 Å². The molecule has 1 aliphatic rings. The maximum atomic E-state index is 11.7. The molecule has 1 heterocycles. The number of nitrogens with two attached hydrogens (primary N) is 1. The summed E-state index contributed by atoms with van der Waals surface area (Å²) in [5, 5.41) is 3.22. The van der Waals surface area contributed by atoms with Crippen molar-refractivity contribution in [1.82, 2.24) is 5.32 Å². The lowest BCUT2D eigenvalue weighted by molar-refractivity contribution is -0.120. The number of nitrogens with one attached hydrogen (secondary N) is 1. The van der Waals surface area contributed by atoms with E-state index < -0.39 is 6.04 Å². The van der Waals surface area contributed by atoms with E-state index in [2.05, 4.69) is 5.32 Å². The molecule has 1 aliphatic heterocycles. The molecule has 2 rings (SSSR count). The summed E-state index contributed by atoms with van der Waals surface area (Å²) >= 11 is 0. The highest BCUT2D eigenvalue weighted by Gasteiger charge is 2.23. The Morgan fingerprint density at radius 1 is 1.55 bits per heavy atom. The van der Waals surface area contributed by atoms with Gasteiger partial charge in [0.15, 0.2) is 0 Å². The SMILES string of the molecule is COCc1ccccc1C(NCC1CCCO1)C(N)=O. The fraction of sp³-hybridized carbons (Fsp3) is 0.533.